The number of hydrogen-bond acceptors (Lipinski definition) is 3. The Kier molecular flexibility index (Phi) is 6.69. The minimum Gasteiger partial charge on any atom is -0.383 e. The van der Waals surface area contributed by atoms with Gasteiger partial charge in [-0.1, -0.05) is 25.5 Å². The fourth-order valence-electron chi connectivity index (χ4n) is 1.85. The standard InChI is InChI=1S/C13H25NO2/c1-11(2)13(9-14-5-7-15-3)8-12-4-6-16-10-12/h8,11-12,14H,4-7,9-10H2,1-3H3/b13-8+. The summed E-state index contributed by atoms with van der Waals surface area (Å²) >= 11 is 0. The topological polar surface area (TPSA) is 30.5 Å². The third-order valence-electron chi connectivity index (χ3n) is 2.97. The van der Waals surface area contributed by atoms with Crippen LogP contribution in [0.4, 0.5) is 0 Å². The second-order valence-corrected chi connectivity index (χ2v) is 4.69. The van der Waals surface area contributed by atoms with E-state index in [1.54, 1.807) is 7.11 Å². The highest BCUT2D eigenvalue weighted by Gasteiger charge is 2.14. The predicted octanol–water partition coefficient (Wildman–Crippen LogP) is 1.84. The Bertz CT molecular complexity index is 208. The van der Waals surface area contributed by atoms with Gasteiger partial charge in [0.15, 0.2) is 0 Å². The molecule has 94 valence electrons. The van der Waals surface area contributed by atoms with Crippen molar-refractivity contribution < 1.29 is 9.47 Å². The molecule has 1 heterocycles. The molecule has 1 saturated heterocycles. The van der Waals surface area contributed by atoms with Crippen LogP contribution in [-0.2, 0) is 9.47 Å². The van der Waals surface area contributed by atoms with Crippen molar-refractivity contribution in [3.05, 3.63) is 11.6 Å². The van der Waals surface area contributed by atoms with E-state index in [9.17, 15) is 0 Å². The molecule has 0 amide bonds. The molecule has 1 fully saturated rings. The van der Waals surface area contributed by atoms with Crippen LogP contribution in [0.25, 0.3) is 0 Å². The van der Waals surface area contributed by atoms with Crippen LogP contribution in [0.5, 0.6) is 0 Å². The molecule has 1 aliphatic rings. The zero-order valence-corrected chi connectivity index (χ0v) is 10.8. The molecule has 1 unspecified atom stereocenters. The van der Waals surface area contributed by atoms with Gasteiger partial charge < -0.3 is 14.8 Å². The maximum Gasteiger partial charge on any atom is 0.0587 e. The van der Waals surface area contributed by atoms with Crippen LogP contribution < -0.4 is 5.32 Å². The number of nitrogens with one attached hydrogen (secondary N) is 1. The Labute approximate surface area is 99.2 Å². The van der Waals surface area contributed by atoms with Crippen molar-refractivity contribution in [1.29, 1.82) is 0 Å². The molecule has 0 radical (unpaired) electrons. The number of hydrogen-bond donors (Lipinski definition) is 1. The van der Waals surface area contributed by atoms with E-state index < -0.39 is 0 Å². The number of methoxy groups -OCH3 is 1. The van der Waals surface area contributed by atoms with Gasteiger partial charge >= 0.3 is 0 Å². The van der Waals surface area contributed by atoms with Crippen LogP contribution in [0.1, 0.15) is 20.3 Å². The molecule has 0 aromatic heterocycles. The van der Waals surface area contributed by atoms with Crippen LogP contribution in [0.3, 0.4) is 0 Å². The van der Waals surface area contributed by atoms with Crippen molar-refractivity contribution in [2.24, 2.45) is 11.8 Å². The summed E-state index contributed by atoms with van der Waals surface area (Å²) in [5, 5.41) is 3.41. The molecule has 3 nitrogen and oxygen atoms in total. The van der Waals surface area contributed by atoms with Crippen LogP contribution in [0.2, 0.25) is 0 Å². The molecule has 0 spiro atoms. The summed E-state index contributed by atoms with van der Waals surface area (Å²) < 4.78 is 10.4. The van der Waals surface area contributed by atoms with E-state index in [0.29, 0.717) is 11.8 Å². The smallest absolute Gasteiger partial charge is 0.0587 e. The minimum absolute atomic E-state index is 0.607. The maximum absolute atomic E-state index is 5.40. The average molecular weight is 227 g/mol. The molecular weight excluding hydrogens is 202 g/mol. The average Bonchev–Trinajstić information content (AvgIpc) is 2.75. The minimum atomic E-state index is 0.607. The second-order valence-electron chi connectivity index (χ2n) is 4.69. The third kappa shape index (κ3) is 5.10. The molecule has 3 heteroatoms. The van der Waals surface area contributed by atoms with E-state index in [2.05, 4.69) is 25.2 Å². The zero-order valence-electron chi connectivity index (χ0n) is 10.8. The van der Waals surface area contributed by atoms with E-state index in [1.165, 1.54) is 12.0 Å². The van der Waals surface area contributed by atoms with Crippen molar-refractivity contribution in [2.75, 3.05) is 40.0 Å². The zero-order chi connectivity index (χ0) is 11.8. The first-order valence-electron chi connectivity index (χ1n) is 6.22. The van der Waals surface area contributed by atoms with Gasteiger partial charge in [0.1, 0.15) is 0 Å². The van der Waals surface area contributed by atoms with Gasteiger partial charge in [-0.05, 0) is 12.3 Å². The predicted molar refractivity (Wildman–Crippen MR) is 66.6 cm³/mol. The van der Waals surface area contributed by atoms with Crippen LogP contribution >= 0.6 is 0 Å². The highest BCUT2D eigenvalue weighted by molar-refractivity contribution is 5.09. The van der Waals surface area contributed by atoms with E-state index in [1.807, 2.05) is 0 Å². The lowest BCUT2D eigenvalue weighted by Gasteiger charge is -2.14. The lowest BCUT2D eigenvalue weighted by Crippen LogP contribution is -2.23. The molecule has 0 aromatic rings. The molecule has 0 bridgehead atoms. The molecule has 1 N–H and O–H groups in total. The molecular formula is C13H25NO2. The van der Waals surface area contributed by atoms with Crippen molar-refractivity contribution in [3.63, 3.8) is 0 Å². The first-order chi connectivity index (χ1) is 7.74. The molecule has 0 aromatic carbocycles. The van der Waals surface area contributed by atoms with Gasteiger partial charge in [-0.3, -0.25) is 0 Å². The molecule has 0 saturated carbocycles. The summed E-state index contributed by atoms with van der Waals surface area (Å²) in [4.78, 5) is 0. The van der Waals surface area contributed by atoms with Gasteiger partial charge in [0, 0.05) is 32.7 Å². The normalized spacial score (nSPS) is 22.0. The number of ether oxygens (including phenoxy) is 2. The van der Waals surface area contributed by atoms with Crippen LogP contribution in [0, 0.1) is 11.8 Å². The summed E-state index contributed by atoms with van der Waals surface area (Å²) in [6, 6.07) is 0. The molecule has 1 aliphatic heterocycles. The van der Waals surface area contributed by atoms with Gasteiger partial charge in [0.2, 0.25) is 0 Å². The molecule has 16 heavy (non-hydrogen) atoms. The summed E-state index contributed by atoms with van der Waals surface area (Å²) in [5.74, 6) is 1.23. The van der Waals surface area contributed by atoms with Gasteiger partial charge in [-0.25, -0.2) is 0 Å². The first kappa shape index (κ1) is 13.7. The summed E-state index contributed by atoms with van der Waals surface area (Å²) in [5.41, 5.74) is 1.49. The third-order valence-corrected chi connectivity index (χ3v) is 2.97. The van der Waals surface area contributed by atoms with Crippen molar-refractivity contribution in [3.8, 4) is 0 Å². The highest BCUT2D eigenvalue weighted by Crippen LogP contribution is 2.19. The van der Waals surface area contributed by atoms with E-state index in [0.717, 1.165) is 32.9 Å². The summed E-state index contributed by atoms with van der Waals surface area (Å²) in [6.07, 6.45) is 3.58. The molecule has 1 atom stereocenters. The van der Waals surface area contributed by atoms with Gasteiger partial charge in [-0.15, -0.1) is 0 Å². The molecule has 0 aliphatic carbocycles. The van der Waals surface area contributed by atoms with Gasteiger partial charge in [0.05, 0.1) is 13.2 Å². The number of rotatable bonds is 7. The van der Waals surface area contributed by atoms with E-state index >= 15 is 0 Å². The summed E-state index contributed by atoms with van der Waals surface area (Å²) in [6.45, 7) is 8.98. The van der Waals surface area contributed by atoms with Gasteiger partial charge in [0.25, 0.3) is 0 Å². The fourth-order valence-corrected chi connectivity index (χ4v) is 1.85. The Morgan fingerprint density at radius 2 is 2.38 bits per heavy atom. The van der Waals surface area contributed by atoms with E-state index in [4.69, 9.17) is 9.47 Å². The Hall–Kier alpha value is -0.380. The SMILES string of the molecule is COCCNC/C(=C\C1CCOC1)C(C)C. The largest absolute Gasteiger partial charge is 0.383 e. The Balaban J connectivity index is 2.34. The van der Waals surface area contributed by atoms with Gasteiger partial charge in [-0.2, -0.15) is 0 Å². The van der Waals surface area contributed by atoms with E-state index in [-0.39, 0.29) is 0 Å². The maximum atomic E-state index is 5.40. The fraction of sp³-hybridized carbons (Fsp3) is 0.846. The highest BCUT2D eigenvalue weighted by atomic mass is 16.5. The van der Waals surface area contributed by atoms with Crippen molar-refractivity contribution in [2.45, 2.75) is 20.3 Å². The quantitative estimate of drug-likeness (QED) is 0.532. The van der Waals surface area contributed by atoms with Crippen molar-refractivity contribution in [1.82, 2.24) is 5.32 Å². The van der Waals surface area contributed by atoms with Crippen LogP contribution in [-0.4, -0.2) is 40.0 Å². The Morgan fingerprint density at radius 1 is 1.56 bits per heavy atom. The monoisotopic (exact) mass is 227 g/mol. The lowest BCUT2D eigenvalue weighted by atomic mass is 9.97. The molecule has 1 rings (SSSR count). The lowest BCUT2D eigenvalue weighted by molar-refractivity contribution is 0.191. The van der Waals surface area contributed by atoms with Crippen LogP contribution in [0.15, 0.2) is 11.6 Å². The Morgan fingerprint density at radius 3 is 2.94 bits per heavy atom. The summed E-state index contributed by atoms with van der Waals surface area (Å²) in [7, 11) is 1.73. The van der Waals surface area contributed by atoms with Crippen molar-refractivity contribution >= 4 is 0 Å². The second kappa shape index (κ2) is 7.82. The first-order valence-corrected chi connectivity index (χ1v) is 6.22.